The molecular formula is C14H14N2O4S. The van der Waals surface area contributed by atoms with Crippen LogP contribution in [0, 0.1) is 0 Å². The van der Waals surface area contributed by atoms with Crippen molar-refractivity contribution in [3.8, 4) is 5.75 Å². The summed E-state index contributed by atoms with van der Waals surface area (Å²) >= 11 is 1.02. The van der Waals surface area contributed by atoms with Gasteiger partial charge in [-0.2, -0.15) is 4.98 Å². The molecule has 1 aromatic carbocycles. The molecule has 1 aromatic heterocycles. The van der Waals surface area contributed by atoms with Crippen LogP contribution in [0.4, 0.5) is 0 Å². The third-order valence-corrected chi connectivity index (χ3v) is 3.64. The van der Waals surface area contributed by atoms with Crippen LogP contribution in [-0.4, -0.2) is 33.5 Å². The summed E-state index contributed by atoms with van der Waals surface area (Å²) in [6.45, 7) is 0.479. The van der Waals surface area contributed by atoms with E-state index in [-0.39, 0.29) is 11.3 Å². The zero-order chi connectivity index (χ0) is 15.2. The van der Waals surface area contributed by atoms with Crippen molar-refractivity contribution < 1.29 is 14.6 Å². The predicted molar refractivity (Wildman–Crippen MR) is 79.0 cm³/mol. The Labute approximate surface area is 125 Å². The van der Waals surface area contributed by atoms with Crippen LogP contribution in [0.25, 0.3) is 0 Å². The summed E-state index contributed by atoms with van der Waals surface area (Å²) in [6, 6.07) is 8.86. The zero-order valence-corrected chi connectivity index (χ0v) is 12.2. The molecule has 0 radical (unpaired) electrons. The third kappa shape index (κ3) is 4.35. The molecule has 0 amide bonds. The van der Waals surface area contributed by atoms with Gasteiger partial charge in [-0.05, 0) is 17.7 Å². The number of carboxylic acids is 1. The van der Waals surface area contributed by atoms with Crippen molar-refractivity contribution >= 4 is 17.7 Å². The number of aliphatic carboxylic acids is 1. The topological polar surface area (TPSA) is 81.4 Å². The van der Waals surface area contributed by atoms with Crippen molar-refractivity contribution in [2.45, 2.75) is 11.7 Å². The number of nitrogens with zero attached hydrogens (tertiary/aromatic N) is 2. The molecule has 7 heteroatoms. The van der Waals surface area contributed by atoms with Crippen molar-refractivity contribution in [3.63, 3.8) is 0 Å². The molecule has 6 nitrogen and oxygen atoms in total. The summed E-state index contributed by atoms with van der Waals surface area (Å²) < 4.78 is 6.90. The van der Waals surface area contributed by atoms with Crippen LogP contribution in [-0.2, 0) is 11.3 Å². The number of benzene rings is 1. The number of carbonyl (C=O) groups is 1. The van der Waals surface area contributed by atoms with Gasteiger partial charge in [-0.1, -0.05) is 23.9 Å². The Morgan fingerprint density at radius 2 is 2.24 bits per heavy atom. The smallest absolute Gasteiger partial charge is 0.313 e. The number of aromatic nitrogens is 2. The highest BCUT2D eigenvalue weighted by Crippen LogP contribution is 2.17. The number of methoxy groups -OCH3 is 1. The second-order valence-corrected chi connectivity index (χ2v) is 5.15. The van der Waals surface area contributed by atoms with E-state index in [1.165, 1.54) is 6.07 Å². The Hall–Kier alpha value is -2.28. The lowest BCUT2D eigenvalue weighted by Gasteiger charge is -2.11. The summed E-state index contributed by atoms with van der Waals surface area (Å²) in [6.07, 6.45) is 1.61. The summed E-state index contributed by atoms with van der Waals surface area (Å²) in [5, 5.41) is 9.12. The van der Waals surface area contributed by atoms with E-state index >= 15 is 0 Å². The van der Waals surface area contributed by atoms with E-state index in [1.807, 2.05) is 24.3 Å². The third-order valence-electron chi connectivity index (χ3n) is 2.66. The molecule has 0 bridgehead atoms. The number of rotatable bonds is 6. The minimum atomic E-state index is -0.953. The molecule has 0 aliphatic carbocycles. The van der Waals surface area contributed by atoms with E-state index < -0.39 is 5.97 Å². The minimum absolute atomic E-state index is 0.144. The minimum Gasteiger partial charge on any atom is -0.497 e. The van der Waals surface area contributed by atoms with Gasteiger partial charge in [0.25, 0.3) is 5.56 Å². The van der Waals surface area contributed by atoms with Crippen molar-refractivity contribution in [2.24, 2.45) is 0 Å². The number of carboxylic acid groups (broad SMARTS) is 1. The van der Waals surface area contributed by atoms with Gasteiger partial charge in [0.15, 0.2) is 5.16 Å². The van der Waals surface area contributed by atoms with E-state index in [9.17, 15) is 9.59 Å². The highest BCUT2D eigenvalue weighted by Gasteiger charge is 2.08. The van der Waals surface area contributed by atoms with Crippen molar-refractivity contribution in [1.82, 2.24) is 9.55 Å². The fourth-order valence-electron chi connectivity index (χ4n) is 1.74. The van der Waals surface area contributed by atoms with Gasteiger partial charge in [0, 0.05) is 18.8 Å². The molecule has 0 saturated carbocycles. The lowest BCUT2D eigenvalue weighted by molar-refractivity contribution is -0.133. The highest BCUT2D eigenvalue weighted by molar-refractivity contribution is 7.99. The lowest BCUT2D eigenvalue weighted by atomic mass is 10.2. The number of hydrogen-bond donors (Lipinski definition) is 1. The number of ether oxygens (including phenoxy) is 1. The Balaban J connectivity index is 2.25. The first-order valence-electron chi connectivity index (χ1n) is 6.13. The van der Waals surface area contributed by atoms with Crippen LogP contribution in [0.15, 0.2) is 46.5 Å². The zero-order valence-electron chi connectivity index (χ0n) is 11.4. The average Bonchev–Trinajstić information content (AvgIpc) is 2.47. The average molecular weight is 306 g/mol. The maximum Gasteiger partial charge on any atom is 0.313 e. The van der Waals surface area contributed by atoms with E-state index in [2.05, 4.69) is 4.98 Å². The molecule has 0 spiro atoms. The molecule has 0 aliphatic rings. The molecule has 2 aromatic rings. The molecular weight excluding hydrogens is 292 g/mol. The molecule has 0 saturated heterocycles. The van der Waals surface area contributed by atoms with Gasteiger partial charge in [-0.15, -0.1) is 0 Å². The Morgan fingerprint density at radius 1 is 1.43 bits per heavy atom. The van der Waals surface area contributed by atoms with E-state index in [0.717, 1.165) is 23.1 Å². The van der Waals surface area contributed by atoms with Crippen LogP contribution in [0.5, 0.6) is 5.75 Å². The highest BCUT2D eigenvalue weighted by atomic mass is 32.2. The lowest BCUT2D eigenvalue weighted by Crippen LogP contribution is -2.15. The van der Waals surface area contributed by atoms with Crippen molar-refractivity contribution in [3.05, 3.63) is 52.4 Å². The largest absolute Gasteiger partial charge is 0.497 e. The van der Waals surface area contributed by atoms with Crippen molar-refractivity contribution in [1.29, 1.82) is 0 Å². The summed E-state index contributed by atoms with van der Waals surface area (Å²) in [5.41, 5.74) is 0.585. The van der Waals surface area contributed by atoms with Gasteiger partial charge >= 0.3 is 5.97 Å². The van der Waals surface area contributed by atoms with Gasteiger partial charge in [0.05, 0.1) is 12.9 Å². The van der Waals surface area contributed by atoms with Gasteiger partial charge in [0.2, 0.25) is 0 Å². The molecule has 21 heavy (non-hydrogen) atoms. The Bertz CT molecular complexity index is 699. The number of hydrogen-bond acceptors (Lipinski definition) is 5. The second-order valence-electron chi connectivity index (χ2n) is 4.21. The van der Waals surface area contributed by atoms with E-state index in [0.29, 0.717) is 11.7 Å². The maximum absolute atomic E-state index is 11.3. The molecule has 0 fully saturated rings. The predicted octanol–water partition coefficient (Wildman–Crippen LogP) is 1.48. The molecule has 1 N–H and O–H groups in total. The standard InChI is InChI=1S/C14H14N2O4S/c1-20-11-4-2-3-10(7-11)8-16-6-5-12(17)15-14(16)21-9-13(18)19/h2-7H,8-9H2,1H3,(H,18,19). The normalized spacial score (nSPS) is 10.3. The van der Waals surface area contributed by atoms with Crippen LogP contribution in [0.1, 0.15) is 5.56 Å². The van der Waals surface area contributed by atoms with Gasteiger partial charge in [0.1, 0.15) is 5.75 Å². The Kier molecular flexibility index (Phi) is 4.99. The number of thioether (sulfide) groups is 1. The van der Waals surface area contributed by atoms with Crippen molar-refractivity contribution in [2.75, 3.05) is 12.9 Å². The Morgan fingerprint density at radius 3 is 2.95 bits per heavy atom. The van der Waals surface area contributed by atoms with Gasteiger partial charge in [-0.3, -0.25) is 9.59 Å². The molecule has 2 rings (SSSR count). The SMILES string of the molecule is COc1cccc(Cn2ccc(=O)nc2SCC(=O)O)c1. The van der Waals surface area contributed by atoms with Crippen LogP contribution >= 0.6 is 11.8 Å². The fraction of sp³-hybridized carbons (Fsp3) is 0.214. The molecule has 1 heterocycles. The molecule has 0 unspecified atom stereocenters. The van der Waals surface area contributed by atoms with Crippen LogP contribution < -0.4 is 10.3 Å². The first kappa shape index (κ1) is 15.1. The van der Waals surface area contributed by atoms with E-state index in [1.54, 1.807) is 17.9 Å². The van der Waals surface area contributed by atoms with E-state index in [4.69, 9.17) is 9.84 Å². The van der Waals surface area contributed by atoms with Gasteiger partial charge in [-0.25, -0.2) is 0 Å². The monoisotopic (exact) mass is 306 g/mol. The fourth-order valence-corrected chi connectivity index (χ4v) is 2.44. The summed E-state index contributed by atoms with van der Waals surface area (Å²) in [4.78, 5) is 25.9. The van der Waals surface area contributed by atoms with Crippen LogP contribution in [0.3, 0.4) is 0 Å². The quantitative estimate of drug-likeness (QED) is 0.643. The first-order chi connectivity index (χ1) is 10.1. The molecule has 110 valence electrons. The molecule has 0 aliphatic heterocycles. The van der Waals surface area contributed by atoms with Gasteiger partial charge < -0.3 is 14.4 Å². The second kappa shape index (κ2) is 6.94. The summed E-state index contributed by atoms with van der Waals surface area (Å²) in [7, 11) is 1.59. The maximum atomic E-state index is 11.3. The first-order valence-corrected chi connectivity index (χ1v) is 7.12. The van der Waals surface area contributed by atoms with Crippen LogP contribution in [0.2, 0.25) is 0 Å². The summed E-state index contributed by atoms with van der Waals surface area (Å²) in [5.74, 6) is -0.360. The molecule has 0 atom stereocenters.